The Morgan fingerprint density at radius 2 is 1.81 bits per heavy atom. The maximum Gasteiger partial charge on any atom is 0.416 e. The fourth-order valence-electron chi connectivity index (χ4n) is 3.43. The molecule has 0 atom stereocenters. The van der Waals surface area contributed by atoms with Gasteiger partial charge >= 0.3 is 12.2 Å². The van der Waals surface area contributed by atoms with E-state index in [2.05, 4.69) is 5.32 Å². The number of carbonyl (C=O) groups excluding carboxylic acids is 1. The molecule has 0 aliphatic carbocycles. The first-order chi connectivity index (χ1) is 14.8. The molecular formula is C22H26F3N3O3. The normalized spacial score (nSPS) is 14.4. The van der Waals surface area contributed by atoms with Crippen LogP contribution in [0.2, 0.25) is 0 Å². The maximum absolute atomic E-state index is 12.9. The zero-order valence-electron chi connectivity index (χ0n) is 17.5. The van der Waals surface area contributed by atoms with Gasteiger partial charge in [-0.15, -0.1) is 0 Å². The molecule has 2 aromatic rings. The zero-order valence-corrected chi connectivity index (χ0v) is 17.5. The van der Waals surface area contributed by atoms with E-state index in [1.807, 2.05) is 24.0 Å². The van der Waals surface area contributed by atoms with E-state index in [-0.39, 0.29) is 6.03 Å². The summed E-state index contributed by atoms with van der Waals surface area (Å²) >= 11 is 0. The number of halogens is 3. The van der Waals surface area contributed by atoms with Gasteiger partial charge in [0.2, 0.25) is 0 Å². The number of amides is 2. The minimum atomic E-state index is -4.37. The number of ether oxygens (including phenoxy) is 2. The number of methoxy groups -OCH3 is 1. The maximum atomic E-state index is 12.9. The van der Waals surface area contributed by atoms with Gasteiger partial charge in [0.05, 0.1) is 19.3 Å². The third-order valence-corrected chi connectivity index (χ3v) is 5.08. The standard InChI is InChI=1S/C22H26F3N3O3/c1-3-31-19-8-7-16(13-20(19)30-2)15-26-21(29)28-11-9-27(10-12-28)18-6-4-5-17(14-18)22(23,24)25/h4-8,13-14H,3,9-12,15H2,1-2H3,(H,26,29). The van der Waals surface area contributed by atoms with Crippen LogP contribution >= 0.6 is 0 Å². The van der Waals surface area contributed by atoms with Crippen LogP contribution < -0.4 is 19.7 Å². The molecule has 31 heavy (non-hydrogen) atoms. The molecule has 2 amide bonds. The molecule has 3 rings (SSSR count). The minimum absolute atomic E-state index is 0.212. The Kier molecular flexibility index (Phi) is 7.14. The first-order valence-corrected chi connectivity index (χ1v) is 10.1. The van der Waals surface area contributed by atoms with Crippen molar-refractivity contribution in [1.82, 2.24) is 10.2 Å². The summed E-state index contributed by atoms with van der Waals surface area (Å²) in [6.45, 7) is 4.52. The van der Waals surface area contributed by atoms with Crippen molar-refractivity contribution in [2.45, 2.75) is 19.6 Å². The number of piperazine rings is 1. The van der Waals surface area contributed by atoms with Crippen LogP contribution in [-0.2, 0) is 12.7 Å². The summed E-state index contributed by atoms with van der Waals surface area (Å²) in [6.07, 6.45) is -4.37. The molecule has 1 N–H and O–H groups in total. The van der Waals surface area contributed by atoms with Gasteiger partial charge in [-0.2, -0.15) is 13.2 Å². The number of nitrogens with zero attached hydrogens (tertiary/aromatic N) is 2. The van der Waals surface area contributed by atoms with Crippen molar-refractivity contribution in [3.8, 4) is 11.5 Å². The van der Waals surface area contributed by atoms with Gasteiger partial charge in [0.25, 0.3) is 0 Å². The lowest BCUT2D eigenvalue weighted by Crippen LogP contribution is -2.51. The first-order valence-electron chi connectivity index (χ1n) is 10.1. The largest absolute Gasteiger partial charge is 0.493 e. The fraction of sp³-hybridized carbons (Fsp3) is 0.409. The molecule has 1 saturated heterocycles. The summed E-state index contributed by atoms with van der Waals surface area (Å²) < 4.78 is 49.6. The van der Waals surface area contributed by atoms with Gasteiger partial charge in [-0.1, -0.05) is 12.1 Å². The van der Waals surface area contributed by atoms with Crippen molar-refractivity contribution >= 4 is 11.7 Å². The average molecular weight is 437 g/mol. The minimum Gasteiger partial charge on any atom is -0.493 e. The van der Waals surface area contributed by atoms with Crippen LogP contribution in [-0.4, -0.2) is 50.8 Å². The number of anilines is 1. The van der Waals surface area contributed by atoms with Gasteiger partial charge in [-0.25, -0.2) is 4.79 Å². The summed E-state index contributed by atoms with van der Waals surface area (Å²) in [5, 5.41) is 2.88. The van der Waals surface area contributed by atoms with Gasteiger partial charge in [0.15, 0.2) is 11.5 Å². The summed E-state index contributed by atoms with van der Waals surface area (Å²) in [6, 6.07) is 10.5. The molecule has 6 nitrogen and oxygen atoms in total. The smallest absolute Gasteiger partial charge is 0.416 e. The molecule has 0 unspecified atom stereocenters. The molecule has 0 radical (unpaired) electrons. The quantitative estimate of drug-likeness (QED) is 0.738. The summed E-state index contributed by atoms with van der Waals surface area (Å²) in [7, 11) is 1.56. The van der Waals surface area contributed by atoms with E-state index >= 15 is 0 Å². The monoisotopic (exact) mass is 437 g/mol. The predicted molar refractivity (Wildman–Crippen MR) is 112 cm³/mol. The topological polar surface area (TPSA) is 54.0 Å². The van der Waals surface area contributed by atoms with Crippen molar-refractivity contribution in [2.75, 3.05) is 44.8 Å². The zero-order chi connectivity index (χ0) is 22.4. The van der Waals surface area contributed by atoms with E-state index in [4.69, 9.17) is 9.47 Å². The molecule has 2 aromatic carbocycles. The molecule has 1 aliphatic rings. The van der Waals surface area contributed by atoms with Crippen LogP contribution in [0, 0.1) is 0 Å². The van der Waals surface area contributed by atoms with E-state index in [1.54, 1.807) is 24.1 Å². The van der Waals surface area contributed by atoms with Gasteiger partial charge in [0, 0.05) is 38.4 Å². The van der Waals surface area contributed by atoms with E-state index in [1.165, 1.54) is 6.07 Å². The Morgan fingerprint density at radius 1 is 1.06 bits per heavy atom. The lowest BCUT2D eigenvalue weighted by atomic mass is 10.1. The molecule has 0 bridgehead atoms. The van der Waals surface area contributed by atoms with E-state index in [9.17, 15) is 18.0 Å². The molecule has 168 valence electrons. The number of alkyl halides is 3. The first kappa shape index (κ1) is 22.6. The van der Waals surface area contributed by atoms with Crippen LogP contribution in [0.5, 0.6) is 11.5 Å². The highest BCUT2D eigenvalue weighted by molar-refractivity contribution is 5.74. The van der Waals surface area contributed by atoms with Crippen LogP contribution in [0.25, 0.3) is 0 Å². The molecule has 1 heterocycles. The number of carbonyl (C=O) groups is 1. The second-order valence-corrected chi connectivity index (χ2v) is 7.10. The van der Waals surface area contributed by atoms with E-state index < -0.39 is 11.7 Å². The molecule has 0 saturated carbocycles. The third-order valence-electron chi connectivity index (χ3n) is 5.08. The van der Waals surface area contributed by atoms with Crippen molar-refractivity contribution in [3.63, 3.8) is 0 Å². The van der Waals surface area contributed by atoms with Crippen molar-refractivity contribution < 1.29 is 27.4 Å². The predicted octanol–water partition coefficient (Wildman–Crippen LogP) is 4.14. The molecule has 0 spiro atoms. The van der Waals surface area contributed by atoms with Crippen LogP contribution in [0.1, 0.15) is 18.1 Å². The third kappa shape index (κ3) is 5.74. The van der Waals surface area contributed by atoms with Gasteiger partial charge < -0.3 is 24.6 Å². The molecule has 1 fully saturated rings. The average Bonchev–Trinajstić information content (AvgIpc) is 2.78. The Labute approximate surface area is 179 Å². The summed E-state index contributed by atoms with van der Waals surface area (Å²) in [5.74, 6) is 1.24. The highest BCUT2D eigenvalue weighted by Gasteiger charge is 2.31. The Hall–Kier alpha value is -3.10. The molecule has 9 heteroatoms. The number of benzene rings is 2. The molecular weight excluding hydrogens is 411 g/mol. The van der Waals surface area contributed by atoms with E-state index in [0.717, 1.165) is 17.7 Å². The Balaban J connectivity index is 1.53. The van der Waals surface area contributed by atoms with Gasteiger partial charge in [-0.3, -0.25) is 0 Å². The summed E-state index contributed by atoms with van der Waals surface area (Å²) in [5.41, 5.74) is 0.712. The van der Waals surface area contributed by atoms with Crippen LogP contribution in [0.15, 0.2) is 42.5 Å². The SMILES string of the molecule is CCOc1ccc(CNC(=O)N2CCN(c3cccc(C(F)(F)F)c3)CC2)cc1OC. The van der Waals surface area contributed by atoms with E-state index in [0.29, 0.717) is 56.5 Å². The number of hydrogen-bond donors (Lipinski definition) is 1. The molecule has 1 aliphatic heterocycles. The summed E-state index contributed by atoms with van der Waals surface area (Å²) in [4.78, 5) is 16.0. The van der Waals surface area contributed by atoms with Crippen molar-refractivity contribution in [2.24, 2.45) is 0 Å². The van der Waals surface area contributed by atoms with Crippen LogP contribution in [0.4, 0.5) is 23.7 Å². The Bertz CT molecular complexity index is 897. The second-order valence-electron chi connectivity index (χ2n) is 7.10. The number of urea groups is 1. The highest BCUT2D eigenvalue weighted by atomic mass is 19.4. The van der Waals surface area contributed by atoms with Gasteiger partial charge in [-0.05, 0) is 42.8 Å². The molecule has 0 aromatic heterocycles. The fourth-order valence-corrected chi connectivity index (χ4v) is 3.43. The second kappa shape index (κ2) is 9.80. The van der Waals surface area contributed by atoms with Crippen molar-refractivity contribution in [1.29, 1.82) is 0 Å². The lowest BCUT2D eigenvalue weighted by Gasteiger charge is -2.36. The Morgan fingerprint density at radius 3 is 2.45 bits per heavy atom. The lowest BCUT2D eigenvalue weighted by molar-refractivity contribution is -0.137. The van der Waals surface area contributed by atoms with Crippen LogP contribution in [0.3, 0.4) is 0 Å². The number of rotatable bonds is 6. The van der Waals surface area contributed by atoms with Gasteiger partial charge in [0.1, 0.15) is 0 Å². The highest BCUT2D eigenvalue weighted by Crippen LogP contribution is 2.32. The number of hydrogen-bond acceptors (Lipinski definition) is 4. The van der Waals surface area contributed by atoms with Crippen molar-refractivity contribution in [3.05, 3.63) is 53.6 Å². The number of nitrogens with one attached hydrogen (secondary N) is 1.